The first-order chi connectivity index (χ1) is 9.36. The van der Waals surface area contributed by atoms with Crippen molar-refractivity contribution in [1.82, 2.24) is 10.5 Å². The molecule has 0 aliphatic carbocycles. The molecule has 20 heavy (non-hydrogen) atoms. The van der Waals surface area contributed by atoms with Crippen LogP contribution in [-0.2, 0) is 12.0 Å². The van der Waals surface area contributed by atoms with E-state index < -0.39 is 0 Å². The second kappa shape index (κ2) is 5.80. The van der Waals surface area contributed by atoms with Crippen molar-refractivity contribution >= 4 is 0 Å². The van der Waals surface area contributed by atoms with Crippen LogP contribution in [-0.4, -0.2) is 5.16 Å². The summed E-state index contributed by atoms with van der Waals surface area (Å²) >= 11 is 0. The van der Waals surface area contributed by atoms with Gasteiger partial charge in [-0.1, -0.05) is 50.2 Å². The van der Waals surface area contributed by atoms with E-state index in [-0.39, 0.29) is 11.5 Å². The minimum Gasteiger partial charge on any atom is -0.360 e. The normalized spacial score (nSPS) is 13.4. The summed E-state index contributed by atoms with van der Waals surface area (Å²) in [6.45, 7) is 11.5. The van der Waals surface area contributed by atoms with Crippen LogP contribution in [0.1, 0.15) is 56.3 Å². The standard InChI is InChI=1S/C17H24N2O/c1-12-10-16(20-19-12)11-18-13(2)14-6-8-15(9-7-14)17(3,4)5/h6-10,13,18H,11H2,1-5H3. The van der Waals surface area contributed by atoms with E-state index in [0.717, 1.165) is 11.5 Å². The molecule has 0 amide bonds. The van der Waals surface area contributed by atoms with Gasteiger partial charge in [0.2, 0.25) is 0 Å². The van der Waals surface area contributed by atoms with Gasteiger partial charge in [0.15, 0.2) is 5.76 Å². The van der Waals surface area contributed by atoms with Crippen molar-refractivity contribution in [2.75, 3.05) is 0 Å². The van der Waals surface area contributed by atoms with Crippen LogP contribution in [0.25, 0.3) is 0 Å². The van der Waals surface area contributed by atoms with Crippen molar-refractivity contribution in [2.45, 2.75) is 52.6 Å². The zero-order valence-corrected chi connectivity index (χ0v) is 13.0. The van der Waals surface area contributed by atoms with Crippen LogP contribution in [0.2, 0.25) is 0 Å². The summed E-state index contributed by atoms with van der Waals surface area (Å²) < 4.78 is 5.20. The third-order valence-corrected chi connectivity index (χ3v) is 3.54. The first-order valence-corrected chi connectivity index (χ1v) is 7.12. The molecule has 1 N–H and O–H groups in total. The molecule has 0 radical (unpaired) electrons. The Morgan fingerprint density at radius 2 is 1.85 bits per heavy atom. The average Bonchev–Trinajstić information content (AvgIpc) is 2.81. The highest BCUT2D eigenvalue weighted by atomic mass is 16.5. The van der Waals surface area contributed by atoms with Crippen LogP contribution in [0.5, 0.6) is 0 Å². The molecule has 0 spiro atoms. The van der Waals surface area contributed by atoms with Gasteiger partial charge in [-0.2, -0.15) is 0 Å². The maximum Gasteiger partial charge on any atom is 0.150 e. The molecule has 0 aliphatic heterocycles. The lowest BCUT2D eigenvalue weighted by Gasteiger charge is -2.20. The maximum atomic E-state index is 5.20. The molecular weight excluding hydrogens is 248 g/mol. The average molecular weight is 272 g/mol. The highest BCUT2D eigenvalue weighted by Gasteiger charge is 2.14. The van der Waals surface area contributed by atoms with Gasteiger partial charge in [-0.25, -0.2) is 0 Å². The lowest BCUT2D eigenvalue weighted by atomic mass is 9.86. The van der Waals surface area contributed by atoms with Crippen LogP contribution in [0.15, 0.2) is 34.9 Å². The van der Waals surface area contributed by atoms with E-state index >= 15 is 0 Å². The van der Waals surface area contributed by atoms with E-state index in [1.54, 1.807) is 0 Å². The van der Waals surface area contributed by atoms with Gasteiger partial charge in [0.1, 0.15) is 0 Å². The number of aromatic nitrogens is 1. The molecule has 0 aliphatic rings. The van der Waals surface area contributed by atoms with Gasteiger partial charge >= 0.3 is 0 Å². The van der Waals surface area contributed by atoms with Crippen LogP contribution >= 0.6 is 0 Å². The molecule has 1 heterocycles. The smallest absolute Gasteiger partial charge is 0.150 e. The Labute approximate surface area is 121 Å². The van der Waals surface area contributed by atoms with Crippen LogP contribution in [0.3, 0.4) is 0 Å². The fourth-order valence-corrected chi connectivity index (χ4v) is 2.14. The number of hydrogen-bond donors (Lipinski definition) is 1. The highest BCUT2D eigenvalue weighted by molar-refractivity contribution is 5.29. The highest BCUT2D eigenvalue weighted by Crippen LogP contribution is 2.24. The Bertz CT molecular complexity index is 549. The SMILES string of the molecule is Cc1cc(CNC(C)c2ccc(C(C)(C)C)cc2)on1. The summed E-state index contributed by atoms with van der Waals surface area (Å²) in [5.74, 6) is 0.876. The van der Waals surface area contributed by atoms with E-state index in [0.29, 0.717) is 6.54 Å². The number of rotatable bonds is 4. The molecule has 3 heteroatoms. The van der Waals surface area contributed by atoms with E-state index in [1.807, 2.05) is 13.0 Å². The fraction of sp³-hybridized carbons (Fsp3) is 0.471. The third-order valence-electron chi connectivity index (χ3n) is 3.54. The molecule has 3 nitrogen and oxygen atoms in total. The second-order valence-electron chi connectivity index (χ2n) is 6.41. The molecule has 1 unspecified atom stereocenters. The van der Waals surface area contributed by atoms with Gasteiger partial charge in [0, 0.05) is 12.1 Å². The summed E-state index contributed by atoms with van der Waals surface area (Å²) in [5.41, 5.74) is 3.77. The van der Waals surface area contributed by atoms with Crippen molar-refractivity contribution in [2.24, 2.45) is 0 Å². The predicted octanol–water partition coefficient (Wildman–Crippen LogP) is 4.13. The van der Waals surface area contributed by atoms with Gasteiger partial charge < -0.3 is 9.84 Å². The van der Waals surface area contributed by atoms with Crippen LogP contribution < -0.4 is 5.32 Å². The Balaban J connectivity index is 1.97. The van der Waals surface area contributed by atoms with Crippen molar-refractivity contribution < 1.29 is 4.52 Å². The van der Waals surface area contributed by atoms with Crippen molar-refractivity contribution in [3.63, 3.8) is 0 Å². The topological polar surface area (TPSA) is 38.1 Å². The molecule has 1 aromatic heterocycles. The van der Waals surface area contributed by atoms with Crippen molar-refractivity contribution in [1.29, 1.82) is 0 Å². The number of nitrogens with zero attached hydrogens (tertiary/aromatic N) is 1. The number of hydrogen-bond acceptors (Lipinski definition) is 3. The summed E-state index contributed by atoms with van der Waals surface area (Å²) in [7, 11) is 0. The number of aryl methyl sites for hydroxylation is 1. The first kappa shape index (κ1) is 14.8. The van der Waals surface area contributed by atoms with Gasteiger partial charge in [0.25, 0.3) is 0 Å². The molecule has 2 rings (SSSR count). The van der Waals surface area contributed by atoms with Crippen molar-refractivity contribution in [3.05, 3.63) is 52.9 Å². The molecule has 0 fully saturated rings. The summed E-state index contributed by atoms with van der Waals surface area (Å²) in [4.78, 5) is 0. The zero-order chi connectivity index (χ0) is 14.8. The molecule has 0 saturated carbocycles. The molecular formula is C17H24N2O. The zero-order valence-electron chi connectivity index (χ0n) is 13.0. The van der Waals surface area contributed by atoms with Crippen molar-refractivity contribution in [3.8, 4) is 0 Å². The molecule has 108 valence electrons. The lowest BCUT2D eigenvalue weighted by Crippen LogP contribution is -2.18. The second-order valence-corrected chi connectivity index (χ2v) is 6.41. The predicted molar refractivity (Wildman–Crippen MR) is 81.6 cm³/mol. The lowest BCUT2D eigenvalue weighted by molar-refractivity contribution is 0.363. The largest absolute Gasteiger partial charge is 0.360 e. The minimum atomic E-state index is 0.201. The molecule has 1 aromatic carbocycles. The first-order valence-electron chi connectivity index (χ1n) is 7.12. The van der Waals surface area contributed by atoms with Gasteiger partial charge in [-0.15, -0.1) is 0 Å². The van der Waals surface area contributed by atoms with Crippen LogP contribution in [0, 0.1) is 6.92 Å². The van der Waals surface area contributed by atoms with E-state index in [2.05, 4.69) is 62.4 Å². The maximum absolute atomic E-state index is 5.20. The summed E-state index contributed by atoms with van der Waals surface area (Å²) in [5, 5.41) is 7.34. The molecule has 0 saturated heterocycles. The van der Waals surface area contributed by atoms with Gasteiger partial charge in [-0.05, 0) is 30.4 Å². The number of nitrogens with one attached hydrogen (secondary N) is 1. The molecule has 1 atom stereocenters. The Hall–Kier alpha value is -1.61. The Morgan fingerprint density at radius 1 is 1.20 bits per heavy atom. The summed E-state index contributed by atoms with van der Waals surface area (Å²) in [6.07, 6.45) is 0. The Morgan fingerprint density at radius 3 is 2.35 bits per heavy atom. The van der Waals surface area contributed by atoms with E-state index in [1.165, 1.54) is 11.1 Å². The molecule has 0 bridgehead atoms. The van der Waals surface area contributed by atoms with E-state index in [9.17, 15) is 0 Å². The fourth-order valence-electron chi connectivity index (χ4n) is 2.14. The third kappa shape index (κ3) is 3.70. The monoisotopic (exact) mass is 272 g/mol. The quantitative estimate of drug-likeness (QED) is 0.909. The van der Waals surface area contributed by atoms with Gasteiger partial charge in [0.05, 0.1) is 12.2 Å². The molecule has 2 aromatic rings. The summed E-state index contributed by atoms with van der Waals surface area (Å²) in [6, 6.07) is 11.1. The van der Waals surface area contributed by atoms with Gasteiger partial charge in [-0.3, -0.25) is 0 Å². The minimum absolute atomic E-state index is 0.201. The van der Waals surface area contributed by atoms with E-state index in [4.69, 9.17) is 4.52 Å². The number of benzene rings is 1. The Kier molecular flexibility index (Phi) is 4.29. The van der Waals surface area contributed by atoms with Crippen LogP contribution in [0.4, 0.5) is 0 Å².